The smallest absolute Gasteiger partial charge is 0.194 e. The van der Waals surface area contributed by atoms with Crippen molar-refractivity contribution < 1.29 is 9.84 Å². The first-order valence-electron chi connectivity index (χ1n) is 6.21. The third-order valence-corrected chi connectivity index (χ3v) is 3.26. The van der Waals surface area contributed by atoms with Crippen LogP contribution >= 0.6 is 0 Å². The molecule has 0 amide bonds. The minimum absolute atomic E-state index is 0.615. The Morgan fingerprint density at radius 3 is 2.56 bits per heavy atom. The number of aliphatic hydroxyl groups is 1. The second-order valence-electron chi connectivity index (χ2n) is 4.59. The zero-order valence-corrected chi connectivity index (χ0v) is 9.86. The maximum absolute atomic E-state index is 9.31. The molecule has 0 spiro atoms. The van der Waals surface area contributed by atoms with Crippen LogP contribution in [0.3, 0.4) is 0 Å². The van der Waals surface area contributed by atoms with E-state index in [9.17, 15) is 5.11 Å². The van der Waals surface area contributed by atoms with Crippen LogP contribution in [0, 0.1) is 0 Å². The van der Waals surface area contributed by atoms with Gasteiger partial charge in [-0.15, -0.1) is 0 Å². The van der Waals surface area contributed by atoms with Crippen molar-refractivity contribution in [2.45, 2.75) is 51.2 Å². The Bertz CT molecular complexity index is 327. The predicted molar refractivity (Wildman–Crippen MR) is 64.6 cm³/mol. The number of aliphatic hydroxyl groups excluding tert-OH is 1. The average molecular weight is 220 g/mol. The molecule has 0 saturated heterocycles. The van der Waals surface area contributed by atoms with Gasteiger partial charge in [-0.05, 0) is 37.3 Å². The quantitative estimate of drug-likeness (QED) is 0.790. The van der Waals surface area contributed by atoms with Gasteiger partial charge in [0.15, 0.2) is 6.29 Å². The molecular weight excluding hydrogens is 200 g/mol. The molecule has 2 nitrogen and oxygen atoms in total. The molecular formula is C14H20O2. The maximum atomic E-state index is 9.31. The second-order valence-corrected chi connectivity index (χ2v) is 4.59. The molecule has 0 heterocycles. The Hall–Kier alpha value is -1.02. The predicted octanol–water partition coefficient (Wildman–Crippen LogP) is 3.45. The zero-order chi connectivity index (χ0) is 11.4. The molecule has 2 heteroatoms. The maximum Gasteiger partial charge on any atom is 0.194 e. The number of benzene rings is 1. The van der Waals surface area contributed by atoms with E-state index in [4.69, 9.17) is 4.74 Å². The summed E-state index contributed by atoms with van der Waals surface area (Å²) < 4.78 is 5.45. The van der Waals surface area contributed by atoms with E-state index in [1.165, 1.54) is 37.7 Å². The van der Waals surface area contributed by atoms with Crippen molar-refractivity contribution >= 4 is 0 Å². The highest BCUT2D eigenvalue weighted by atomic mass is 16.6. The van der Waals surface area contributed by atoms with E-state index in [1.54, 1.807) is 6.92 Å². The van der Waals surface area contributed by atoms with Gasteiger partial charge in [0.25, 0.3) is 0 Å². The number of rotatable bonds is 3. The first-order chi connectivity index (χ1) is 7.77. The van der Waals surface area contributed by atoms with Crippen LogP contribution in [0.25, 0.3) is 0 Å². The fourth-order valence-electron chi connectivity index (χ4n) is 2.52. The molecule has 1 unspecified atom stereocenters. The van der Waals surface area contributed by atoms with Gasteiger partial charge < -0.3 is 9.84 Å². The van der Waals surface area contributed by atoms with Crippen molar-refractivity contribution in [3.8, 4) is 5.75 Å². The van der Waals surface area contributed by atoms with Crippen molar-refractivity contribution in [1.29, 1.82) is 0 Å². The van der Waals surface area contributed by atoms with Crippen molar-refractivity contribution in [1.82, 2.24) is 0 Å². The Morgan fingerprint density at radius 2 is 1.88 bits per heavy atom. The van der Waals surface area contributed by atoms with Crippen molar-refractivity contribution in [3.05, 3.63) is 29.8 Å². The number of ether oxygens (including phenoxy) is 1. The van der Waals surface area contributed by atoms with Crippen LogP contribution in [0.15, 0.2) is 24.3 Å². The standard InChI is InChI=1S/C14H20O2/c1-11(15)16-14-10-6-5-9-13(14)12-7-3-2-4-8-12/h5-6,9-12,15H,2-4,7-8H2,1H3. The van der Waals surface area contributed by atoms with E-state index in [0.717, 1.165) is 5.75 Å². The van der Waals surface area contributed by atoms with Gasteiger partial charge in [-0.25, -0.2) is 0 Å². The molecule has 1 saturated carbocycles. The summed E-state index contributed by atoms with van der Waals surface area (Å²) in [7, 11) is 0. The normalized spacial score (nSPS) is 19.4. The minimum atomic E-state index is -0.732. The molecule has 0 radical (unpaired) electrons. The van der Waals surface area contributed by atoms with E-state index >= 15 is 0 Å². The third kappa shape index (κ3) is 2.76. The van der Waals surface area contributed by atoms with E-state index < -0.39 is 6.29 Å². The Morgan fingerprint density at radius 1 is 1.19 bits per heavy atom. The van der Waals surface area contributed by atoms with E-state index in [2.05, 4.69) is 12.1 Å². The van der Waals surface area contributed by atoms with Gasteiger partial charge in [-0.1, -0.05) is 37.5 Å². The van der Waals surface area contributed by atoms with E-state index in [0.29, 0.717) is 5.92 Å². The fraction of sp³-hybridized carbons (Fsp3) is 0.571. The molecule has 16 heavy (non-hydrogen) atoms. The first kappa shape index (κ1) is 11.5. The van der Waals surface area contributed by atoms with Gasteiger partial charge in [0.05, 0.1) is 0 Å². The summed E-state index contributed by atoms with van der Waals surface area (Å²) in [5.74, 6) is 1.47. The molecule has 88 valence electrons. The van der Waals surface area contributed by atoms with Gasteiger partial charge in [-0.2, -0.15) is 0 Å². The molecule has 1 aliphatic carbocycles. The second kappa shape index (κ2) is 5.35. The molecule has 1 aromatic carbocycles. The summed E-state index contributed by atoms with van der Waals surface area (Å²) in [6.45, 7) is 1.65. The first-order valence-corrected chi connectivity index (χ1v) is 6.21. The van der Waals surface area contributed by atoms with E-state index in [1.807, 2.05) is 12.1 Å². The summed E-state index contributed by atoms with van der Waals surface area (Å²) >= 11 is 0. The van der Waals surface area contributed by atoms with Gasteiger partial charge in [0.2, 0.25) is 0 Å². The largest absolute Gasteiger partial charge is 0.465 e. The summed E-state index contributed by atoms with van der Waals surface area (Å²) in [5, 5.41) is 9.31. The van der Waals surface area contributed by atoms with Crippen LogP contribution in [-0.4, -0.2) is 11.4 Å². The minimum Gasteiger partial charge on any atom is -0.465 e. The number of hydrogen-bond acceptors (Lipinski definition) is 2. The molecule has 1 aliphatic rings. The lowest BCUT2D eigenvalue weighted by Gasteiger charge is -2.24. The van der Waals surface area contributed by atoms with Crippen LogP contribution < -0.4 is 4.74 Å². The van der Waals surface area contributed by atoms with Gasteiger partial charge in [0, 0.05) is 0 Å². The third-order valence-electron chi connectivity index (χ3n) is 3.26. The van der Waals surface area contributed by atoms with E-state index in [-0.39, 0.29) is 0 Å². The molecule has 1 atom stereocenters. The summed E-state index contributed by atoms with van der Waals surface area (Å²) in [6, 6.07) is 8.10. The molecule has 1 aromatic rings. The van der Waals surface area contributed by atoms with Crippen LogP contribution in [0.4, 0.5) is 0 Å². The van der Waals surface area contributed by atoms with Gasteiger partial charge in [0.1, 0.15) is 5.75 Å². The van der Waals surface area contributed by atoms with Crippen LogP contribution in [-0.2, 0) is 0 Å². The Kier molecular flexibility index (Phi) is 3.83. The summed E-state index contributed by atoms with van der Waals surface area (Å²) in [6.07, 6.45) is 5.75. The SMILES string of the molecule is CC(O)Oc1ccccc1C1CCCCC1. The van der Waals surface area contributed by atoms with Gasteiger partial charge >= 0.3 is 0 Å². The highest BCUT2D eigenvalue weighted by Gasteiger charge is 2.19. The molecule has 1 N–H and O–H groups in total. The highest BCUT2D eigenvalue weighted by molar-refractivity contribution is 5.36. The van der Waals surface area contributed by atoms with Crippen molar-refractivity contribution in [2.24, 2.45) is 0 Å². The Balaban J connectivity index is 2.17. The topological polar surface area (TPSA) is 29.5 Å². The molecule has 0 bridgehead atoms. The number of para-hydroxylation sites is 1. The molecule has 0 aliphatic heterocycles. The van der Waals surface area contributed by atoms with Crippen LogP contribution in [0.1, 0.15) is 50.5 Å². The highest BCUT2D eigenvalue weighted by Crippen LogP contribution is 2.37. The monoisotopic (exact) mass is 220 g/mol. The van der Waals surface area contributed by atoms with Crippen molar-refractivity contribution in [3.63, 3.8) is 0 Å². The lowest BCUT2D eigenvalue weighted by molar-refractivity contribution is -0.00136. The summed E-state index contributed by atoms with van der Waals surface area (Å²) in [4.78, 5) is 0. The number of hydrogen-bond donors (Lipinski definition) is 1. The Labute approximate surface area is 97.3 Å². The molecule has 0 aromatic heterocycles. The van der Waals surface area contributed by atoms with Crippen LogP contribution in [0.2, 0.25) is 0 Å². The summed E-state index contributed by atoms with van der Waals surface area (Å²) in [5.41, 5.74) is 1.27. The molecule has 2 rings (SSSR count). The lowest BCUT2D eigenvalue weighted by Crippen LogP contribution is -2.13. The van der Waals surface area contributed by atoms with Crippen LogP contribution in [0.5, 0.6) is 5.75 Å². The zero-order valence-electron chi connectivity index (χ0n) is 9.86. The fourth-order valence-corrected chi connectivity index (χ4v) is 2.52. The lowest BCUT2D eigenvalue weighted by atomic mass is 9.84. The average Bonchev–Trinajstić information content (AvgIpc) is 2.30. The van der Waals surface area contributed by atoms with Gasteiger partial charge in [-0.3, -0.25) is 0 Å². The molecule has 1 fully saturated rings. The van der Waals surface area contributed by atoms with Crippen molar-refractivity contribution in [2.75, 3.05) is 0 Å².